The number of halogens is 2. The van der Waals surface area contributed by atoms with Crippen LogP contribution in [-0.2, 0) is 6.54 Å². The lowest BCUT2D eigenvalue weighted by Gasteiger charge is -2.14. The standard InChI is InChI=1S/C25H24Cl2N4O3/c1-31(2)13-14-5-7-15(8-6-14)25(32)28-24-17-10-9-16(11-18(17)29-30-24)21-22(26)19(33-3)12-20(34-4)23(21)27/h5-12H,13H2,1-4H3,(H2,28,29,30,32). The van der Waals surface area contributed by atoms with Gasteiger partial charge in [-0.25, -0.2) is 0 Å². The number of ether oxygens (including phenoxy) is 2. The van der Waals surface area contributed by atoms with E-state index in [2.05, 4.69) is 20.4 Å². The van der Waals surface area contributed by atoms with E-state index >= 15 is 0 Å². The molecule has 1 amide bonds. The number of hydrogen-bond donors (Lipinski definition) is 2. The van der Waals surface area contributed by atoms with Crippen molar-refractivity contribution in [3.8, 4) is 22.6 Å². The van der Waals surface area contributed by atoms with E-state index in [0.29, 0.717) is 44.0 Å². The van der Waals surface area contributed by atoms with Gasteiger partial charge >= 0.3 is 0 Å². The first kappa shape index (κ1) is 23.9. The van der Waals surface area contributed by atoms with Gasteiger partial charge in [0.25, 0.3) is 5.91 Å². The Morgan fingerprint density at radius 3 is 2.24 bits per heavy atom. The topological polar surface area (TPSA) is 79.5 Å². The molecular weight excluding hydrogens is 475 g/mol. The van der Waals surface area contributed by atoms with E-state index in [1.165, 1.54) is 14.2 Å². The summed E-state index contributed by atoms with van der Waals surface area (Å²) in [5.41, 5.74) is 3.73. The lowest BCUT2D eigenvalue weighted by atomic mass is 10.0. The molecule has 2 N–H and O–H groups in total. The van der Waals surface area contributed by atoms with Crippen LogP contribution >= 0.6 is 23.2 Å². The second-order valence-corrected chi connectivity index (χ2v) is 8.76. The van der Waals surface area contributed by atoms with Crippen molar-refractivity contribution in [1.29, 1.82) is 0 Å². The molecule has 34 heavy (non-hydrogen) atoms. The Labute approximate surface area is 207 Å². The molecule has 0 radical (unpaired) electrons. The second-order valence-electron chi connectivity index (χ2n) is 8.01. The average molecular weight is 499 g/mol. The first-order valence-corrected chi connectivity index (χ1v) is 11.2. The fourth-order valence-electron chi connectivity index (χ4n) is 3.72. The van der Waals surface area contributed by atoms with Crippen LogP contribution in [0.2, 0.25) is 10.0 Å². The van der Waals surface area contributed by atoms with Gasteiger partial charge in [-0.05, 0) is 49.5 Å². The number of carbonyl (C=O) groups excluding carboxylic acids is 1. The van der Waals surface area contributed by atoms with Crippen molar-refractivity contribution in [3.63, 3.8) is 0 Å². The molecule has 9 heteroatoms. The molecule has 4 rings (SSSR count). The number of hydrogen-bond acceptors (Lipinski definition) is 5. The Bertz CT molecular complexity index is 1320. The maximum atomic E-state index is 12.8. The van der Waals surface area contributed by atoms with Crippen molar-refractivity contribution in [2.75, 3.05) is 33.6 Å². The van der Waals surface area contributed by atoms with Gasteiger partial charge in [0.15, 0.2) is 5.82 Å². The third kappa shape index (κ3) is 4.68. The van der Waals surface area contributed by atoms with Gasteiger partial charge in [0.2, 0.25) is 0 Å². The van der Waals surface area contributed by atoms with E-state index in [1.807, 2.05) is 44.4 Å². The third-order valence-corrected chi connectivity index (χ3v) is 6.12. The monoisotopic (exact) mass is 498 g/mol. The number of rotatable bonds is 7. The molecule has 4 aromatic rings. The number of anilines is 1. The first-order chi connectivity index (χ1) is 16.3. The van der Waals surface area contributed by atoms with E-state index in [-0.39, 0.29) is 5.91 Å². The fraction of sp³-hybridized carbons (Fsp3) is 0.200. The summed E-state index contributed by atoms with van der Waals surface area (Å²) in [5.74, 6) is 1.10. The molecule has 0 aliphatic heterocycles. The molecule has 1 heterocycles. The maximum absolute atomic E-state index is 12.8. The van der Waals surface area contributed by atoms with Crippen LogP contribution in [0.4, 0.5) is 5.82 Å². The van der Waals surface area contributed by atoms with E-state index in [1.54, 1.807) is 18.2 Å². The van der Waals surface area contributed by atoms with Gasteiger partial charge in [0.05, 0.1) is 29.8 Å². The number of aromatic amines is 1. The number of methoxy groups -OCH3 is 2. The molecule has 1 aromatic heterocycles. The first-order valence-electron chi connectivity index (χ1n) is 10.5. The smallest absolute Gasteiger partial charge is 0.256 e. The average Bonchev–Trinajstić information content (AvgIpc) is 3.21. The summed E-state index contributed by atoms with van der Waals surface area (Å²) >= 11 is 13.1. The molecule has 3 aromatic carbocycles. The summed E-state index contributed by atoms with van der Waals surface area (Å²) in [7, 11) is 7.06. The predicted molar refractivity (Wildman–Crippen MR) is 136 cm³/mol. The summed E-state index contributed by atoms with van der Waals surface area (Å²) in [6, 6.07) is 14.7. The molecule has 0 unspecified atom stereocenters. The number of nitrogens with one attached hydrogen (secondary N) is 2. The van der Waals surface area contributed by atoms with Gasteiger partial charge in [-0.3, -0.25) is 9.89 Å². The molecule has 0 saturated carbocycles. The predicted octanol–water partition coefficient (Wildman–Crippen LogP) is 5.87. The quantitative estimate of drug-likeness (QED) is 0.333. The molecule has 0 saturated heterocycles. The van der Waals surface area contributed by atoms with Crippen LogP contribution in [0.3, 0.4) is 0 Å². The summed E-state index contributed by atoms with van der Waals surface area (Å²) in [6.07, 6.45) is 0. The highest BCUT2D eigenvalue weighted by atomic mass is 35.5. The van der Waals surface area contributed by atoms with Gasteiger partial charge in [-0.15, -0.1) is 0 Å². The lowest BCUT2D eigenvalue weighted by molar-refractivity contribution is 0.102. The Hall–Kier alpha value is -3.26. The van der Waals surface area contributed by atoms with Crippen molar-refractivity contribution < 1.29 is 14.3 Å². The van der Waals surface area contributed by atoms with Crippen molar-refractivity contribution in [2.24, 2.45) is 0 Å². The molecular formula is C25H24Cl2N4O3. The summed E-state index contributed by atoms with van der Waals surface area (Å²) in [6.45, 7) is 0.807. The molecule has 176 valence electrons. The summed E-state index contributed by atoms with van der Waals surface area (Å²) < 4.78 is 10.7. The van der Waals surface area contributed by atoms with Crippen LogP contribution in [0.5, 0.6) is 11.5 Å². The van der Waals surface area contributed by atoms with Gasteiger partial charge in [-0.2, -0.15) is 5.10 Å². The van der Waals surface area contributed by atoms with Crippen LogP contribution in [0.1, 0.15) is 15.9 Å². The number of fused-ring (bicyclic) bond motifs is 1. The minimum absolute atomic E-state index is 0.238. The summed E-state index contributed by atoms with van der Waals surface area (Å²) in [5, 5.41) is 11.6. The zero-order chi connectivity index (χ0) is 24.4. The molecule has 0 atom stereocenters. The number of nitrogens with zero attached hydrogens (tertiary/aromatic N) is 2. The molecule has 7 nitrogen and oxygen atoms in total. The molecule has 0 bridgehead atoms. The molecule has 0 fully saturated rings. The molecule has 0 aliphatic carbocycles. The Kier molecular flexibility index (Phi) is 6.97. The van der Waals surface area contributed by atoms with Crippen molar-refractivity contribution in [3.05, 3.63) is 69.7 Å². The van der Waals surface area contributed by atoms with Crippen LogP contribution in [0, 0.1) is 0 Å². The van der Waals surface area contributed by atoms with Gasteiger partial charge < -0.3 is 19.7 Å². The summed E-state index contributed by atoms with van der Waals surface area (Å²) in [4.78, 5) is 14.8. The minimum Gasteiger partial charge on any atom is -0.495 e. The molecule has 0 aliphatic rings. The van der Waals surface area contributed by atoms with Crippen LogP contribution in [0.15, 0.2) is 48.5 Å². The third-order valence-electron chi connectivity index (χ3n) is 5.37. The van der Waals surface area contributed by atoms with Gasteiger partial charge in [-0.1, -0.05) is 41.4 Å². The largest absolute Gasteiger partial charge is 0.495 e. The van der Waals surface area contributed by atoms with Crippen LogP contribution in [0.25, 0.3) is 22.0 Å². The zero-order valence-electron chi connectivity index (χ0n) is 19.2. The van der Waals surface area contributed by atoms with Crippen molar-refractivity contribution in [2.45, 2.75) is 6.54 Å². The van der Waals surface area contributed by atoms with Crippen LogP contribution in [-0.4, -0.2) is 49.3 Å². The van der Waals surface area contributed by atoms with Crippen molar-refractivity contribution in [1.82, 2.24) is 15.1 Å². The highest BCUT2D eigenvalue weighted by molar-refractivity contribution is 6.41. The maximum Gasteiger partial charge on any atom is 0.256 e. The minimum atomic E-state index is -0.238. The number of H-pyrrole nitrogens is 1. The number of benzene rings is 3. The Morgan fingerprint density at radius 2 is 1.65 bits per heavy atom. The van der Waals surface area contributed by atoms with E-state index in [9.17, 15) is 4.79 Å². The van der Waals surface area contributed by atoms with Gasteiger partial charge in [0, 0.05) is 29.1 Å². The highest BCUT2D eigenvalue weighted by Gasteiger charge is 2.20. The second kappa shape index (κ2) is 9.93. The Morgan fingerprint density at radius 1 is 1.00 bits per heavy atom. The SMILES string of the molecule is COc1cc(OC)c(Cl)c(-c2ccc3c(NC(=O)c4ccc(CN(C)C)cc4)n[nH]c3c2)c1Cl. The molecule has 0 spiro atoms. The van der Waals surface area contributed by atoms with E-state index in [4.69, 9.17) is 32.7 Å². The lowest BCUT2D eigenvalue weighted by Crippen LogP contribution is -2.13. The van der Waals surface area contributed by atoms with E-state index < -0.39 is 0 Å². The van der Waals surface area contributed by atoms with Crippen LogP contribution < -0.4 is 14.8 Å². The normalized spacial score (nSPS) is 11.1. The number of amides is 1. The Balaban J connectivity index is 1.63. The zero-order valence-corrected chi connectivity index (χ0v) is 20.7. The number of carbonyl (C=O) groups is 1. The highest BCUT2D eigenvalue weighted by Crippen LogP contribution is 2.46. The fourth-order valence-corrected chi connectivity index (χ4v) is 4.43. The van der Waals surface area contributed by atoms with E-state index in [0.717, 1.165) is 23.1 Å². The number of aromatic nitrogens is 2. The van der Waals surface area contributed by atoms with Crippen molar-refractivity contribution >= 4 is 45.8 Å². The van der Waals surface area contributed by atoms with Gasteiger partial charge in [0.1, 0.15) is 11.5 Å².